The van der Waals surface area contributed by atoms with Crippen molar-refractivity contribution in [2.24, 2.45) is 0 Å². The molecule has 1 atom stereocenters. The molecular formula is C26H23N3O4. The molecule has 0 aliphatic carbocycles. The number of benzene rings is 3. The molecule has 3 aromatic carbocycles. The fourth-order valence-corrected chi connectivity index (χ4v) is 3.80. The van der Waals surface area contributed by atoms with Crippen LogP contribution in [0.2, 0.25) is 0 Å². The summed E-state index contributed by atoms with van der Waals surface area (Å²) in [7, 11) is 0. The van der Waals surface area contributed by atoms with Crippen LogP contribution in [0.5, 0.6) is 0 Å². The van der Waals surface area contributed by atoms with Gasteiger partial charge in [-0.25, -0.2) is 0 Å². The summed E-state index contributed by atoms with van der Waals surface area (Å²) >= 11 is 0. The number of hydrogen-bond donors (Lipinski definition) is 2. The van der Waals surface area contributed by atoms with Gasteiger partial charge in [0.2, 0.25) is 5.91 Å². The second-order valence-electron chi connectivity index (χ2n) is 7.64. The first kappa shape index (κ1) is 22.0. The summed E-state index contributed by atoms with van der Waals surface area (Å²) in [4.78, 5) is 52.3. The molecule has 2 N–H and O–H groups in total. The Bertz CT molecular complexity index is 1140. The number of fused-ring (bicyclic) bond motifs is 1. The first-order chi connectivity index (χ1) is 16.1. The number of hydrogen-bond acceptors (Lipinski definition) is 4. The molecule has 1 aliphatic rings. The van der Waals surface area contributed by atoms with Gasteiger partial charge in [0.05, 0.1) is 11.1 Å². The van der Waals surface area contributed by atoms with Crippen molar-refractivity contribution < 1.29 is 19.2 Å². The molecule has 1 aliphatic heterocycles. The molecule has 4 rings (SSSR count). The highest BCUT2D eigenvalue weighted by molar-refractivity contribution is 6.22. The number of amides is 4. The zero-order valence-corrected chi connectivity index (χ0v) is 17.9. The second kappa shape index (κ2) is 9.91. The van der Waals surface area contributed by atoms with Crippen molar-refractivity contribution in [2.45, 2.75) is 12.5 Å². The monoisotopic (exact) mass is 441 g/mol. The van der Waals surface area contributed by atoms with Gasteiger partial charge in [0.1, 0.15) is 6.04 Å². The normalized spacial score (nSPS) is 13.4. The van der Waals surface area contributed by atoms with Crippen LogP contribution in [0.15, 0.2) is 84.9 Å². The van der Waals surface area contributed by atoms with Crippen LogP contribution in [-0.4, -0.2) is 47.7 Å². The molecule has 3 aromatic rings. The van der Waals surface area contributed by atoms with Crippen LogP contribution in [0, 0.1) is 0 Å². The standard InChI is InChI=1S/C26H23N3O4/c30-23(19-11-5-2-6-12-19)27-15-16-28-24(31)22(17-18-9-3-1-4-10-18)29-25(32)20-13-7-8-14-21(20)26(29)33/h1-14,22H,15-17H2,(H,27,30)(H,28,31). The van der Waals surface area contributed by atoms with Gasteiger partial charge in [-0.15, -0.1) is 0 Å². The summed E-state index contributed by atoms with van der Waals surface area (Å²) in [6.45, 7) is 0.367. The molecule has 0 radical (unpaired) electrons. The minimum atomic E-state index is -1.01. The lowest BCUT2D eigenvalue weighted by Crippen LogP contribution is -2.51. The van der Waals surface area contributed by atoms with E-state index in [1.165, 1.54) is 0 Å². The molecule has 1 unspecified atom stereocenters. The Morgan fingerprint density at radius 3 is 1.82 bits per heavy atom. The number of nitrogens with one attached hydrogen (secondary N) is 2. The largest absolute Gasteiger partial charge is 0.353 e. The van der Waals surface area contributed by atoms with E-state index < -0.39 is 23.8 Å². The van der Waals surface area contributed by atoms with Crippen LogP contribution in [0.4, 0.5) is 0 Å². The second-order valence-corrected chi connectivity index (χ2v) is 7.64. The molecule has 0 bridgehead atoms. The first-order valence-electron chi connectivity index (χ1n) is 10.7. The third-order valence-corrected chi connectivity index (χ3v) is 5.46. The van der Waals surface area contributed by atoms with Gasteiger partial charge in [-0.1, -0.05) is 60.7 Å². The Balaban J connectivity index is 1.45. The lowest BCUT2D eigenvalue weighted by molar-refractivity contribution is -0.125. The number of carbonyl (C=O) groups is 4. The molecule has 33 heavy (non-hydrogen) atoms. The summed E-state index contributed by atoms with van der Waals surface area (Å²) in [5.74, 6) is -1.67. The van der Waals surface area contributed by atoms with E-state index in [9.17, 15) is 19.2 Å². The van der Waals surface area contributed by atoms with E-state index in [0.29, 0.717) is 16.7 Å². The van der Waals surface area contributed by atoms with Crippen molar-refractivity contribution in [2.75, 3.05) is 13.1 Å². The van der Waals surface area contributed by atoms with Crippen LogP contribution in [0.1, 0.15) is 36.6 Å². The van der Waals surface area contributed by atoms with Gasteiger partial charge in [-0.2, -0.15) is 0 Å². The van der Waals surface area contributed by atoms with Crippen LogP contribution in [-0.2, 0) is 11.2 Å². The van der Waals surface area contributed by atoms with Crippen molar-refractivity contribution in [3.05, 3.63) is 107 Å². The van der Waals surface area contributed by atoms with E-state index in [4.69, 9.17) is 0 Å². The van der Waals surface area contributed by atoms with E-state index in [2.05, 4.69) is 10.6 Å². The highest BCUT2D eigenvalue weighted by Crippen LogP contribution is 2.26. The maximum atomic E-state index is 13.1. The van der Waals surface area contributed by atoms with Gasteiger partial charge in [0.25, 0.3) is 17.7 Å². The highest BCUT2D eigenvalue weighted by Gasteiger charge is 2.42. The van der Waals surface area contributed by atoms with Crippen LogP contribution >= 0.6 is 0 Å². The van der Waals surface area contributed by atoms with Gasteiger partial charge in [-0.3, -0.25) is 24.1 Å². The zero-order chi connectivity index (χ0) is 23.2. The molecule has 7 nitrogen and oxygen atoms in total. The summed E-state index contributed by atoms with van der Waals surface area (Å²) in [5.41, 5.74) is 1.94. The van der Waals surface area contributed by atoms with Crippen molar-refractivity contribution >= 4 is 23.6 Å². The van der Waals surface area contributed by atoms with Crippen LogP contribution in [0.25, 0.3) is 0 Å². The Morgan fingerprint density at radius 2 is 1.21 bits per heavy atom. The molecule has 7 heteroatoms. The minimum absolute atomic E-state index is 0.159. The van der Waals surface area contributed by atoms with Crippen molar-refractivity contribution in [3.63, 3.8) is 0 Å². The van der Waals surface area contributed by atoms with Gasteiger partial charge >= 0.3 is 0 Å². The lowest BCUT2D eigenvalue weighted by atomic mass is 10.0. The van der Waals surface area contributed by atoms with Crippen LogP contribution in [0.3, 0.4) is 0 Å². The number of imide groups is 1. The van der Waals surface area contributed by atoms with Gasteiger partial charge in [-0.05, 0) is 29.8 Å². The molecular weight excluding hydrogens is 418 g/mol. The fourth-order valence-electron chi connectivity index (χ4n) is 3.80. The smallest absolute Gasteiger partial charge is 0.262 e. The van der Waals surface area contributed by atoms with E-state index in [0.717, 1.165) is 10.5 Å². The highest BCUT2D eigenvalue weighted by atomic mass is 16.2. The van der Waals surface area contributed by atoms with Gasteiger partial charge < -0.3 is 10.6 Å². The van der Waals surface area contributed by atoms with E-state index >= 15 is 0 Å². The average molecular weight is 441 g/mol. The zero-order valence-electron chi connectivity index (χ0n) is 17.9. The van der Waals surface area contributed by atoms with Gasteiger partial charge in [0.15, 0.2) is 0 Å². The molecule has 4 amide bonds. The van der Waals surface area contributed by atoms with Crippen LogP contribution < -0.4 is 10.6 Å². The number of rotatable bonds is 8. The molecule has 0 fully saturated rings. The molecule has 0 spiro atoms. The summed E-state index contributed by atoms with van der Waals surface area (Å²) < 4.78 is 0. The first-order valence-corrected chi connectivity index (χ1v) is 10.7. The molecule has 1 heterocycles. The maximum Gasteiger partial charge on any atom is 0.262 e. The van der Waals surface area contributed by atoms with E-state index in [1.54, 1.807) is 48.5 Å². The van der Waals surface area contributed by atoms with Gasteiger partial charge in [0, 0.05) is 25.1 Å². The van der Waals surface area contributed by atoms with Crippen molar-refractivity contribution in [3.8, 4) is 0 Å². The minimum Gasteiger partial charge on any atom is -0.353 e. The number of nitrogens with zero attached hydrogens (tertiary/aromatic N) is 1. The predicted molar refractivity (Wildman–Crippen MR) is 123 cm³/mol. The average Bonchev–Trinajstić information content (AvgIpc) is 3.11. The summed E-state index contributed by atoms with van der Waals surface area (Å²) in [6.07, 6.45) is 0.189. The SMILES string of the molecule is O=C(NCCNC(=O)C(Cc1ccccc1)N1C(=O)c2ccccc2C1=O)c1ccccc1. The summed E-state index contributed by atoms with van der Waals surface area (Å²) in [5, 5.41) is 5.50. The third-order valence-electron chi connectivity index (χ3n) is 5.46. The van der Waals surface area contributed by atoms with Crippen molar-refractivity contribution in [1.82, 2.24) is 15.5 Å². The molecule has 0 aromatic heterocycles. The summed E-state index contributed by atoms with van der Waals surface area (Å²) in [6, 6.07) is 23.5. The lowest BCUT2D eigenvalue weighted by Gasteiger charge is -2.25. The Morgan fingerprint density at radius 1 is 0.697 bits per heavy atom. The predicted octanol–water partition coefficient (Wildman–Crippen LogP) is 2.44. The van der Waals surface area contributed by atoms with Crippen molar-refractivity contribution in [1.29, 1.82) is 0 Å². The Hall–Kier alpha value is -4.26. The van der Waals surface area contributed by atoms with E-state index in [1.807, 2.05) is 36.4 Å². The topological polar surface area (TPSA) is 95.6 Å². The third kappa shape index (κ3) is 4.82. The quantitative estimate of drug-likeness (QED) is 0.415. The number of carbonyl (C=O) groups excluding carboxylic acids is 4. The maximum absolute atomic E-state index is 13.1. The molecule has 166 valence electrons. The Labute approximate surface area is 191 Å². The Kier molecular flexibility index (Phi) is 6.59. The molecule has 0 saturated carbocycles. The fraction of sp³-hybridized carbons (Fsp3) is 0.154. The molecule has 0 saturated heterocycles. The van der Waals surface area contributed by atoms with E-state index in [-0.39, 0.29) is 25.4 Å².